The molecule has 17 unspecified atom stereocenters. The van der Waals surface area contributed by atoms with Crippen molar-refractivity contribution in [1.82, 2.24) is 5.32 Å². The predicted octanol–water partition coefficient (Wildman–Crippen LogP) is 5.54. The predicted molar refractivity (Wildman–Crippen MR) is 296 cm³/mol. The molecule has 0 aromatic heterocycles. The van der Waals surface area contributed by atoms with Gasteiger partial charge in [-0.3, -0.25) is 4.79 Å². The van der Waals surface area contributed by atoms with Gasteiger partial charge in [0.2, 0.25) is 5.91 Å². The summed E-state index contributed by atoms with van der Waals surface area (Å²) in [6.45, 7) is 1.76. The van der Waals surface area contributed by atoms with E-state index in [-0.39, 0.29) is 18.9 Å². The number of nitrogens with one attached hydrogen (secondary N) is 1. The summed E-state index contributed by atoms with van der Waals surface area (Å²) in [5.41, 5.74) is 0. The zero-order valence-corrected chi connectivity index (χ0v) is 47.7. The van der Waals surface area contributed by atoms with Gasteiger partial charge in [-0.1, -0.05) is 186 Å². The number of carbonyl (C=O) groups is 1. The van der Waals surface area contributed by atoms with Gasteiger partial charge in [0.15, 0.2) is 18.9 Å². The van der Waals surface area contributed by atoms with E-state index in [0.717, 1.165) is 77.0 Å². The first-order valence-corrected chi connectivity index (χ1v) is 30.6. The number of carbonyl (C=O) groups excluding carboxylic acids is 1. The first-order valence-electron chi connectivity index (χ1n) is 30.6. The number of hydrogen-bond donors (Lipinski definition) is 12. The Hall–Kier alpha value is -1.73. The van der Waals surface area contributed by atoms with Crippen molar-refractivity contribution in [3.8, 4) is 0 Å². The van der Waals surface area contributed by atoms with Gasteiger partial charge in [-0.05, 0) is 44.9 Å². The SMILES string of the molecule is CCCCC/C=C\C/C=C\CCCCCCCCCC(=O)NC(COC1OC(CO)C(OC2OC(CO)C(OC3OC(CO)C(O)C(O)C3O)C(O)C2O)C(O)C1O)C(O)CCCCCCCCCCCCCCCCCC. The van der Waals surface area contributed by atoms with Gasteiger partial charge >= 0.3 is 0 Å². The average Bonchev–Trinajstić information content (AvgIpc) is 3.45. The highest BCUT2D eigenvalue weighted by Gasteiger charge is 2.53. The molecule has 3 fully saturated rings. The lowest BCUT2D eigenvalue weighted by Crippen LogP contribution is -2.66. The zero-order chi connectivity index (χ0) is 56.9. The van der Waals surface area contributed by atoms with E-state index in [9.17, 15) is 61.0 Å². The van der Waals surface area contributed by atoms with Gasteiger partial charge in [-0.15, -0.1) is 0 Å². The molecule has 1 amide bonds. The molecule has 78 heavy (non-hydrogen) atoms. The summed E-state index contributed by atoms with van der Waals surface area (Å²) in [5, 5.41) is 120. The second-order valence-corrected chi connectivity index (χ2v) is 22.2. The average molecular weight is 1120 g/mol. The van der Waals surface area contributed by atoms with Crippen LogP contribution in [0.25, 0.3) is 0 Å². The molecule has 0 saturated carbocycles. The van der Waals surface area contributed by atoms with Crippen LogP contribution in [0.5, 0.6) is 0 Å². The van der Waals surface area contributed by atoms with Crippen molar-refractivity contribution in [1.29, 1.82) is 0 Å². The zero-order valence-electron chi connectivity index (χ0n) is 47.7. The molecule has 0 aromatic rings. The van der Waals surface area contributed by atoms with E-state index in [1.165, 1.54) is 103 Å². The highest BCUT2D eigenvalue weighted by Crippen LogP contribution is 2.33. The molecule has 12 N–H and O–H groups in total. The van der Waals surface area contributed by atoms with Crippen molar-refractivity contribution in [2.75, 3.05) is 26.4 Å². The molecule has 0 bridgehead atoms. The number of rotatable bonds is 45. The summed E-state index contributed by atoms with van der Waals surface area (Å²) in [6, 6.07) is -0.889. The van der Waals surface area contributed by atoms with Gasteiger partial charge in [-0.2, -0.15) is 0 Å². The topological polar surface area (TPSA) is 307 Å². The standard InChI is InChI=1S/C59H109NO18/c1-3-5-7-9-11-13-15-17-19-21-23-25-27-29-31-33-35-37-47(65)60-42(43(64)36-34-32-30-28-26-24-22-20-18-16-14-12-10-8-6-4-2)41-73-57-53(71)50(68)55(45(39-62)75-57)78-59-54(72)51(69)56(46(40-63)76-59)77-58-52(70)49(67)48(66)44(38-61)74-58/h11,13,17,19,42-46,48-59,61-64,66-72H,3-10,12,14-16,18,20-41H2,1-2H3,(H,60,65)/b13-11-,19-17-. The molecule has 17 atom stereocenters. The van der Waals surface area contributed by atoms with Crippen molar-refractivity contribution in [3.63, 3.8) is 0 Å². The number of allylic oxidation sites excluding steroid dienone is 4. The van der Waals surface area contributed by atoms with Gasteiger partial charge in [0.05, 0.1) is 38.6 Å². The third-order valence-electron chi connectivity index (χ3n) is 15.5. The Kier molecular flexibility index (Phi) is 38.9. The van der Waals surface area contributed by atoms with Crippen LogP contribution >= 0.6 is 0 Å². The Morgan fingerprint density at radius 1 is 0.462 bits per heavy atom. The van der Waals surface area contributed by atoms with Gasteiger partial charge in [0.1, 0.15) is 73.2 Å². The summed E-state index contributed by atoms with van der Waals surface area (Å²) in [4.78, 5) is 13.3. The number of aliphatic hydroxyl groups is 11. The minimum atomic E-state index is -1.97. The van der Waals surface area contributed by atoms with Crippen molar-refractivity contribution < 1.29 is 89.4 Å². The molecule has 3 saturated heterocycles. The molecule has 0 aromatic carbocycles. The smallest absolute Gasteiger partial charge is 0.220 e. The van der Waals surface area contributed by atoms with E-state index in [2.05, 4.69) is 43.5 Å². The second kappa shape index (κ2) is 43.0. The Morgan fingerprint density at radius 3 is 1.33 bits per heavy atom. The van der Waals surface area contributed by atoms with Crippen LogP contribution in [0.2, 0.25) is 0 Å². The summed E-state index contributed by atoms with van der Waals surface area (Å²) in [6.07, 6.45) is 16.8. The van der Waals surface area contributed by atoms with Crippen LogP contribution in [-0.2, 0) is 33.2 Å². The number of amides is 1. The number of hydrogen-bond acceptors (Lipinski definition) is 18. The molecule has 0 aliphatic carbocycles. The van der Waals surface area contributed by atoms with Crippen molar-refractivity contribution >= 4 is 5.91 Å². The lowest BCUT2D eigenvalue weighted by Gasteiger charge is -2.48. The van der Waals surface area contributed by atoms with E-state index in [4.69, 9.17) is 28.4 Å². The van der Waals surface area contributed by atoms with Crippen LogP contribution in [0.3, 0.4) is 0 Å². The van der Waals surface area contributed by atoms with E-state index >= 15 is 0 Å². The molecular formula is C59H109NO18. The van der Waals surface area contributed by atoms with E-state index in [1.54, 1.807) is 0 Å². The summed E-state index contributed by atoms with van der Waals surface area (Å²) < 4.78 is 34.3. The van der Waals surface area contributed by atoms with Crippen LogP contribution in [0.1, 0.15) is 213 Å². The van der Waals surface area contributed by atoms with Crippen molar-refractivity contribution in [3.05, 3.63) is 24.3 Å². The maximum Gasteiger partial charge on any atom is 0.220 e. The molecule has 458 valence electrons. The van der Waals surface area contributed by atoms with E-state index in [1.807, 2.05) is 0 Å². The molecule has 3 aliphatic heterocycles. The third kappa shape index (κ3) is 26.7. The van der Waals surface area contributed by atoms with Gasteiger partial charge in [0, 0.05) is 6.42 Å². The van der Waals surface area contributed by atoms with Crippen LogP contribution in [0, 0.1) is 0 Å². The van der Waals surface area contributed by atoms with Crippen LogP contribution < -0.4 is 5.32 Å². The molecule has 19 nitrogen and oxygen atoms in total. The number of ether oxygens (including phenoxy) is 6. The summed E-state index contributed by atoms with van der Waals surface area (Å²) in [5.74, 6) is -0.251. The third-order valence-corrected chi connectivity index (χ3v) is 15.5. The largest absolute Gasteiger partial charge is 0.394 e. The summed E-state index contributed by atoms with van der Waals surface area (Å²) >= 11 is 0. The normalized spacial score (nSPS) is 30.6. The number of aliphatic hydroxyl groups excluding tert-OH is 11. The lowest BCUT2D eigenvalue weighted by atomic mass is 9.96. The first kappa shape index (κ1) is 70.5. The first-order chi connectivity index (χ1) is 37.8. The number of unbranched alkanes of at least 4 members (excludes halogenated alkanes) is 25. The van der Waals surface area contributed by atoms with E-state index in [0.29, 0.717) is 12.8 Å². The van der Waals surface area contributed by atoms with Crippen LogP contribution in [0.4, 0.5) is 0 Å². The van der Waals surface area contributed by atoms with Crippen LogP contribution in [0.15, 0.2) is 24.3 Å². The Labute approximate surface area is 467 Å². The summed E-state index contributed by atoms with van der Waals surface area (Å²) in [7, 11) is 0. The van der Waals surface area contributed by atoms with Gasteiger partial charge in [-0.25, -0.2) is 0 Å². The molecule has 3 heterocycles. The quantitative estimate of drug-likeness (QED) is 0.0263. The second-order valence-electron chi connectivity index (χ2n) is 22.2. The molecule has 3 rings (SSSR count). The molecule has 3 aliphatic rings. The maximum absolute atomic E-state index is 13.3. The minimum Gasteiger partial charge on any atom is -0.394 e. The molecule has 0 radical (unpaired) electrons. The fraction of sp³-hybridized carbons (Fsp3) is 0.915. The highest BCUT2D eigenvalue weighted by atomic mass is 16.8. The maximum atomic E-state index is 13.3. The Morgan fingerprint density at radius 2 is 0.846 bits per heavy atom. The minimum absolute atomic E-state index is 0.251. The highest BCUT2D eigenvalue weighted by molar-refractivity contribution is 5.76. The monoisotopic (exact) mass is 1120 g/mol. The lowest BCUT2D eigenvalue weighted by molar-refractivity contribution is -0.379. The van der Waals surface area contributed by atoms with Gasteiger partial charge in [0.25, 0.3) is 0 Å². The fourth-order valence-corrected chi connectivity index (χ4v) is 10.5. The van der Waals surface area contributed by atoms with Crippen LogP contribution in [-0.4, -0.2) is 193 Å². The molecule has 0 spiro atoms. The Balaban J connectivity index is 1.50. The molecular weight excluding hydrogens is 1010 g/mol. The van der Waals surface area contributed by atoms with E-state index < -0.39 is 124 Å². The fourth-order valence-electron chi connectivity index (χ4n) is 10.5. The van der Waals surface area contributed by atoms with Gasteiger partial charge < -0.3 is 89.9 Å². The molecule has 19 heteroatoms. The van der Waals surface area contributed by atoms with Crippen molar-refractivity contribution in [2.24, 2.45) is 0 Å². The van der Waals surface area contributed by atoms with Crippen molar-refractivity contribution in [2.45, 2.75) is 317 Å². The Bertz CT molecular complexity index is 1530.